The topological polar surface area (TPSA) is 63.0 Å². The molecule has 2 rings (SSSR count). The van der Waals surface area contributed by atoms with Gasteiger partial charge in [0.05, 0.1) is 12.6 Å². The molecular formula is C13H16Cl2N4O. The molecule has 2 N–H and O–H groups in total. The molecule has 2 aromatic rings. The van der Waals surface area contributed by atoms with Crippen molar-refractivity contribution in [2.75, 3.05) is 6.54 Å². The molecule has 0 aliphatic carbocycles. The highest BCUT2D eigenvalue weighted by molar-refractivity contribution is 6.33. The second-order valence-corrected chi connectivity index (χ2v) is 5.19. The smallest absolute Gasteiger partial charge is 0.146 e. The Kier molecular flexibility index (Phi) is 5.37. The Morgan fingerprint density at radius 3 is 2.95 bits per heavy atom. The zero-order valence-corrected chi connectivity index (χ0v) is 12.6. The molecule has 0 spiro atoms. The summed E-state index contributed by atoms with van der Waals surface area (Å²) in [6.45, 7) is 3.72. The van der Waals surface area contributed by atoms with E-state index in [1.807, 2.05) is 11.5 Å². The van der Waals surface area contributed by atoms with Gasteiger partial charge in [-0.05, 0) is 25.1 Å². The van der Waals surface area contributed by atoms with Gasteiger partial charge in [0.2, 0.25) is 0 Å². The van der Waals surface area contributed by atoms with Crippen molar-refractivity contribution >= 4 is 23.2 Å². The molecule has 0 bridgehead atoms. The third-order valence-corrected chi connectivity index (χ3v) is 3.55. The number of aryl methyl sites for hydroxylation is 1. The predicted molar refractivity (Wildman–Crippen MR) is 78.8 cm³/mol. The Labute approximate surface area is 127 Å². The Morgan fingerprint density at radius 2 is 2.20 bits per heavy atom. The summed E-state index contributed by atoms with van der Waals surface area (Å²) in [4.78, 5) is 0. The molecule has 0 fully saturated rings. The minimum atomic E-state index is -0.723. The van der Waals surface area contributed by atoms with Crippen LogP contribution in [0.4, 0.5) is 0 Å². The van der Waals surface area contributed by atoms with Crippen LogP contribution in [-0.2, 0) is 13.1 Å². The number of hydrogen-bond donors (Lipinski definition) is 2. The predicted octanol–water partition coefficient (Wildman–Crippen LogP) is 2.43. The van der Waals surface area contributed by atoms with E-state index in [0.29, 0.717) is 28.7 Å². The van der Waals surface area contributed by atoms with Crippen molar-refractivity contribution in [2.24, 2.45) is 0 Å². The summed E-state index contributed by atoms with van der Waals surface area (Å²) >= 11 is 11.9. The molecular weight excluding hydrogens is 299 g/mol. The van der Waals surface area contributed by atoms with E-state index in [0.717, 1.165) is 12.4 Å². The molecule has 1 atom stereocenters. The van der Waals surface area contributed by atoms with Crippen LogP contribution in [0.3, 0.4) is 0 Å². The van der Waals surface area contributed by atoms with Gasteiger partial charge in [-0.2, -0.15) is 0 Å². The largest absolute Gasteiger partial charge is 0.387 e. The van der Waals surface area contributed by atoms with Gasteiger partial charge >= 0.3 is 0 Å². The van der Waals surface area contributed by atoms with Gasteiger partial charge in [0.1, 0.15) is 12.2 Å². The number of halogens is 2. The van der Waals surface area contributed by atoms with E-state index in [1.54, 1.807) is 24.5 Å². The molecule has 1 aromatic heterocycles. The molecule has 0 radical (unpaired) electrons. The molecule has 1 unspecified atom stereocenters. The van der Waals surface area contributed by atoms with Crippen LogP contribution in [0.2, 0.25) is 10.0 Å². The van der Waals surface area contributed by atoms with Gasteiger partial charge in [-0.1, -0.05) is 23.2 Å². The van der Waals surface area contributed by atoms with Crippen LogP contribution < -0.4 is 5.32 Å². The number of nitrogens with one attached hydrogen (secondary N) is 1. The highest BCUT2D eigenvalue weighted by Crippen LogP contribution is 2.25. The number of aromatic nitrogens is 3. The van der Waals surface area contributed by atoms with Crippen LogP contribution >= 0.6 is 23.2 Å². The minimum absolute atomic E-state index is 0.358. The second kappa shape index (κ2) is 7.04. The Hall–Kier alpha value is -1.14. The van der Waals surface area contributed by atoms with Crippen molar-refractivity contribution in [3.63, 3.8) is 0 Å². The Morgan fingerprint density at radius 1 is 1.40 bits per heavy atom. The lowest BCUT2D eigenvalue weighted by molar-refractivity contribution is 0.174. The standard InChI is InChI=1S/C13H16Cl2N4O/c1-2-19-8-17-18-13(19)7-16-6-12(20)10-5-9(14)3-4-11(10)15/h3-5,8,12,16,20H,2,6-7H2,1H3. The van der Waals surface area contributed by atoms with Gasteiger partial charge in [0.15, 0.2) is 0 Å². The summed E-state index contributed by atoms with van der Waals surface area (Å²) in [6, 6.07) is 5.04. The van der Waals surface area contributed by atoms with E-state index in [4.69, 9.17) is 23.2 Å². The zero-order chi connectivity index (χ0) is 14.5. The minimum Gasteiger partial charge on any atom is -0.387 e. The van der Waals surface area contributed by atoms with Crippen LogP contribution in [0.15, 0.2) is 24.5 Å². The maximum atomic E-state index is 10.1. The van der Waals surface area contributed by atoms with Crippen LogP contribution in [0.1, 0.15) is 24.4 Å². The van der Waals surface area contributed by atoms with Crippen LogP contribution in [0, 0.1) is 0 Å². The average molecular weight is 315 g/mol. The maximum absolute atomic E-state index is 10.1. The summed E-state index contributed by atoms with van der Waals surface area (Å²) in [5.41, 5.74) is 0.614. The molecule has 20 heavy (non-hydrogen) atoms. The lowest BCUT2D eigenvalue weighted by atomic mass is 10.1. The van der Waals surface area contributed by atoms with Crippen molar-refractivity contribution in [1.82, 2.24) is 20.1 Å². The van der Waals surface area contributed by atoms with Gasteiger partial charge in [-0.15, -0.1) is 10.2 Å². The van der Waals surface area contributed by atoms with E-state index >= 15 is 0 Å². The van der Waals surface area contributed by atoms with E-state index < -0.39 is 6.10 Å². The second-order valence-electron chi connectivity index (χ2n) is 4.35. The SMILES string of the molecule is CCn1cnnc1CNCC(O)c1cc(Cl)ccc1Cl. The first-order chi connectivity index (χ1) is 9.61. The fourth-order valence-electron chi connectivity index (χ4n) is 1.88. The molecule has 1 aromatic carbocycles. The van der Waals surface area contributed by atoms with E-state index in [9.17, 15) is 5.11 Å². The lowest BCUT2D eigenvalue weighted by Crippen LogP contribution is -2.23. The van der Waals surface area contributed by atoms with Gasteiger partial charge < -0.3 is 15.0 Å². The first-order valence-electron chi connectivity index (χ1n) is 6.32. The molecule has 0 saturated heterocycles. The molecule has 0 aliphatic heterocycles. The summed E-state index contributed by atoms with van der Waals surface area (Å²) in [5.74, 6) is 0.830. The molecule has 1 heterocycles. The lowest BCUT2D eigenvalue weighted by Gasteiger charge is -2.14. The van der Waals surface area contributed by atoms with Crippen molar-refractivity contribution in [1.29, 1.82) is 0 Å². The fourth-order valence-corrected chi connectivity index (χ4v) is 2.30. The number of aliphatic hydroxyl groups excluding tert-OH is 1. The quantitative estimate of drug-likeness (QED) is 0.859. The number of rotatable bonds is 6. The van der Waals surface area contributed by atoms with Gasteiger partial charge in [0.25, 0.3) is 0 Å². The third kappa shape index (κ3) is 3.70. The van der Waals surface area contributed by atoms with Crippen LogP contribution in [-0.4, -0.2) is 26.4 Å². The third-order valence-electron chi connectivity index (χ3n) is 2.97. The first kappa shape index (κ1) is 15.3. The summed E-state index contributed by atoms with van der Waals surface area (Å²) in [7, 11) is 0. The molecule has 0 saturated carbocycles. The van der Waals surface area contributed by atoms with Gasteiger partial charge in [-0.25, -0.2) is 0 Å². The van der Waals surface area contributed by atoms with Gasteiger partial charge in [-0.3, -0.25) is 0 Å². The van der Waals surface area contributed by atoms with E-state index in [-0.39, 0.29) is 0 Å². The van der Waals surface area contributed by atoms with Crippen molar-refractivity contribution in [3.05, 3.63) is 46.0 Å². The average Bonchev–Trinajstić information content (AvgIpc) is 2.89. The van der Waals surface area contributed by atoms with Crippen LogP contribution in [0.5, 0.6) is 0 Å². The zero-order valence-electron chi connectivity index (χ0n) is 11.1. The number of benzene rings is 1. The summed E-state index contributed by atoms with van der Waals surface area (Å²) in [6.07, 6.45) is 0.959. The molecule has 7 heteroatoms. The molecule has 0 amide bonds. The van der Waals surface area contributed by atoms with Crippen molar-refractivity contribution < 1.29 is 5.11 Å². The number of hydrogen-bond acceptors (Lipinski definition) is 4. The van der Waals surface area contributed by atoms with E-state index in [2.05, 4.69) is 15.5 Å². The number of aliphatic hydroxyl groups is 1. The Bertz CT molecular complexity index is 573. The molecule has 0 aliphatic rings. The molecule has 5 nitrogen and oxygen atoms in total. The summed E-state index contributed by atoms with van der Waals surface area (Å²) < 4.78 is 1.94. The van der Waals surface area contributed by atoms with Gasteiger partial charge in [0, 0.05) is 28.7 Å². The first-order valence-corrected chi connectivity index (χ1v) is 7.07. The normalized spacial score (nSPS) is 12.6. The van der Waals surface area contributed by atoms with Crippen molar-refractivity contribution in [2.45, 2.75) is 26.1 Å². The van der Waals surface area contributed by atoms with E-state index in [1.165, 1.54) is 0 Å². The summed E-state index contributed by atoms with van der Waals surface area (Å²) in [5, 5.41) is 22.2. The van der Waals surface area contributed by atoms with Crippen molar-refractivity contribution in [3.8, 4) is 0 Å². The van der Waals surface area contributed by atoms with Crippen LogP contribution in [0.25, 0.3) is 0 Å². The highest BCUT2D eigenvalue weighted by atomic mass is 35.5. The highest BCUT2D eigenvalue weighted by Gasteiger charge is 2.12. The maximum Gasteiger partial charge on any atom is 0.146 e. The molecule has 108 valence electrons. The number of nitrogens with zero attached hydrogens (tertiary/aromatic N) is 3. The Balaban J connectivity index is 1.92. The monoisotopic (exact) mass is 314 g/mol. The fraction of sp³-hybridized carbons (Fsp3) is 0.385.